The van der Waals surface area contributed by atoms with Crippen molar-refractivity contribution in [1.29, 1.82) is 0 Å². The van der Waals surface area contributed by atoms with Crippen LogP contribution in [0, 0.1) is 6.92 Å². The van der Waals surface area contributed by atoms with Gasteiger partial charge in [0, 0.05) is 12.8 Å². The predicted octanol–water partition coefficient (Wildman–Crippen LogP) is 3.99. The van der Waals surface area contributed by atoms with Crippen LogP contribution in [0.4, 0.5) is 0 Å². The van der Waals surface area contributed by atoms with E-state index in [9.17, 15) is 0 Å². The van der Waals surface area contributed by atoms with E-state index in [2.05, 4.69) is 41.4 Å². The molecule has 0 bridgehead atoms. The highest BCUT2D eigenvalue weighted by Gasteiger charge is 2.10. The first-order valence-corrected chi connectivity index (χ1v) is 8.45. The number of nitrogens with zero attached hydrogens (tertiary/aromatic N) is 3. The third-order valence-electron chi connectivity index (χ3n) is 3.49. The van der Waals surface area contributed by atoms with Crippen LogP contribution in [0.25, 0.3) is 0 Å². The minimum Gasteiger partial charge on any atom is -0.486 e. The normalized spacial score (nSPS) is 10.7. The average Bonchev–Trinajstić information content (AvgIpc) is 2.92. The zero-order chi connectivity index (χ0) is 16.1. The number of aryl methyl sites for hydroxylation is 1. The van der Waals surface area contributed by atoms with E-state index >= 15 is 0 Å². The van der Waals surface area contributed by atoms with Gasteiger partial charge in [-0.3, -0.25) is 0 Å². The first-order chi connectivity index (χ1) is 11.2. The Morgan fingerprint density at radius 2 is 1.87 bits per heavy atom. The van der Waals surface area contributed by atoms with Crippen LogP contribution in [-0.2, 0) is 19.4 Å². The maximum atomic E-state index is 5.73. The lowest BCUT2D eigenvalue weighted by molar-refractivity contribution is 0.290. The fraction of sp³-hybridized carbons (Fsp3) is 0.222. The predicted molar refractivity (Wildman–Crippen MR) is 92.5 cm³/mol. The smallest absolute Gasteiger partial charge is 0.191 e. The lowest BCUT2D eigenvalue weighted by Crippen LogP contribution is -2.04. The third-order valence-corrected chi connectivity index (χ3v) is 4.58. The molecule has 5 heteroatoms. The topological polar surface area (TPSA) is 39.9 Å². The highest BCUT2D eigenvalue weighted by atomic mass is 32.2. The lowest BCUT2D eigenvalue weighted by Gasteiger charge is -2.06. The summed E-state index contributed by atoms with van der Waals surface area (Å²) in [6.45, 7) is 2.52. The third kappa shape index (κ3) is 4.13. The second-order valence-electron chi connectivity index (χ2n) is 5.34. The van der Waals surface area contributed by atoms with Gasteiger partial charge in [-0.1, -0.05) is 59.8 Å². The van der Waals surface area contributed by atoms with Crippen LogP contribution in [0.5, 0.6) is 5.75 Å². The molecule has 0 saturated carbocycles. The van der Waals surface area contributed by atoms with Crippen LogP contribution in [0.15, 0.2) is 59.8 Å². The first-order valence-electron chi connectivity index (χ1n) is 7.47. The number of benzene rings is 2. The summed E-state index contributed by atoms with van der Waals surface area (Å²) < 4.78 is 7.72. The molecule has 0 aliphatic heterocycles. The molecule has 0 radical (unpaired) electrons. The fourth-order valence-corrected chi connectivity index (χ4v) is 3.08. The minimum absolute atomic E-state index is 0.415. The van der Waals surface area contributed by atoms with Crippen molar-refractivity contribution in [2.45, 2.75) is 24.4 Å². The van der Waals surface area contributed by atoms with Crippen LogP contribution in [0.3, 0.4) is 0 Å². The number of thioether (sulfide) groups is 1. The molecule has 1 aromatic heterocycles. The van der Waals surface area contributed by atoms with Gasteiger partial charge in [-0.25, -0.2) is 0 Å². The number of hydrogen-bond donors (Lipinski definition) is 0. The molecular formula is C18H19N3OS. The maximum Gasteiger partial charge on any atom is 0.191 e. The van der Waals surface area contributed by atoms with Crippen molar-refractivity contribution >= 4 is 11.8 Å². The van der Waals surface area contributed by atoms with Crippen LogP contribution in [0.2, 0.25) is 0 Å². The Morgan fingerprint density at radius 3 is 2.65 bits per heavy atom. The first kappa shape index (κ1) is 15.6. The van der Waals surface area contributed by atoms with Gasteiger partial charge in [-0.05, 0) is 24.6 Å². The Kier molecular flexibility index (Phi) is 4.98. The quantitative estimate of drug-likeness (QED) is 0.642. The maximum absolute atomic E-state index is 5.73. The Bertz CT molecular complexity index is 771. The van der Waals surface area contributed by atoms with Gasteiger partial charge >= 0.3 is 0 Å². The van der Waals surface area contributed by atoms with Crippen LogP contribution in [0.1, 0.15) is 17.0 Å². The van der Waals surface area contributed by atoms with E-state index in [0.717, 1.165) is 22.5 Å². The summed E-state index contributed by atoms with van der Waals surface area (Å²) in [5.74, 6) is 2.54. The summed E-state index contributed by atoms with van der Waals surface area (Å²) in [6.07, 6.45) is 0. The van der Waals surface area contributed by atoms with Gasteiger partial charge in [0.2, 0.25) is 0 Å². The van der Waals surface area contributed by atoms with Crippen LogP contribution >= 0.6 is 11.8 Å². The van der Waals surface area contributed by atoms with Gasteiger partial charge < -0.3 is 9.30 Å². The molecule has 0 atom stereocenters. The standard InChI is InChI=1S/C18H19N3OS/c1-14-7-6-8-15(11-14)13-23-18-20-19-17(21(18)2)12-22-16-9-4-3-5-10-16/h3-11H,12-13H2,1-2H3. The van der Waals surface area contributed by atoms with Gasteiger partial charge in [0.15, 0.2) is 11.0 Å². The molecule has 1 heterocycles. The zero-order valence-corrected chi connectivity index (χ0v) is 14.1. The Morgan fingerprint density at radius 1 is 1.04 bits per heavy atom. The second kappa shape index (κ2) is 7.33. The van der Waals surface area contributed by atoms with Gasteiger partial charge in [0.1, 0.15) is 12.4 Å². The number of ether oxygens (including phenoxy) is 1. The van der Waals surface area contributed by atoms with Crippen molar-refractivity contribution in [2.24, 2.45) is 7.05 Å². The fourth-order valence-electron chi connectivity index (χ4n) is 2.21. The van der Waals surface area contributed by atoms with E-state index in [1.807, 2.05) is 41.9 Å². The Balaban J connectivity index is 1.60. The largest absolute Gasteiger partial charge is 0.486 e. The number of para-hydroxylation sites is 1. The molecule has 0 fully saturated rings. The number of rotatable bonds is 6. The Hall–Kier alpha value is -2.27. The van der Waals surface area contributed by atoms with Crippen molar-refractivity contribution in [3.05, 3.63) is 71.5 Å². The molecule has 0 amide bonds. The van der Waals surface area contributed by atoms with E-state index < -0.39 is 0 Å². The van der Waals surface area contributed by atoms with Gasteiger partial charge in [0.25, 0.3) is 0 Å². The highest BCUT2D eigenvalue weighted by molar-refractivity contribution is 7.98. The molecule has 3 rings (SSSR count). The lowest BCUT2D eigenvalue weighted by atomic mass is 10.2. The second-order valence-corrected chi connectivity index (χ2v) is 6.28. The molecule has 0 unspecified atom stereocenters. The molecule has 3 aromatic rings. The van der Waals surface area contributed by atoms with Gasteiger partial charge in [-0.2, -0.15) is 0 Å². The van der Waals surface area contributed by atoms with Gasteiger partial charge in [0.05, 0.1) is 0 Å². The van der Waals surface area contributed by atoms with E-state index in [-0.39, 0.29) is 0 Å². The van der Waals surface area contributed by atoms with E-state index in [1.54, 1.807) is 11.8 Å². The summed E-state index contributed by atoms with van der Waals surface area (Å²) in [7, 11) is 1.97. The summed E-state index contributed by atoms with van der Waals surface area (Å²) in [5.41, 5.74) is 2.57. The summed E-state index contributed by atoms with van der Waals surface area (Å²) in [6, 6.07) is 18.3. The monoisotopic (exact) mass is 325 g/mol. The molecule has 0 N–H and O–H groups in total. The van der Waals surface area contributed by atoms with E-state index in [4.69, 9.17) is 4.74 Å². The van der Waals surface area contributed by atoms with Crippen molar-refractivity contribution < 1.29 is 4.74 Å². The van der Waals surface area contributed by atoms with E-state index in [0.29, 0.717) is 6.61 Å². The van der Waals surface area contributed by atoms with Crippen LogP contribution < -0.4 is 4.74 Å². The molecule has 23 heavy (non-hydrogen) atoms. The molecule has 0 spiro atoms. The molecule has 0 aliphatic rings. The zero-order valence-electron chi connectivity index (χ0n) is 13.3. The molecule has 0 aliphatic carbocycles. The summed E-state index contributed by atoms with van der Waals surface area (Å²) >= 11 is 1.69. The summed E-state index contributed by atoms with van der Waals surface area (Å²) in [5, 5.41) is 9.39. The molecule has 0 saturated heterocycles. The molecule has 4 nitrogen and oxygen atoms in total. The number of hydrogen-bond acceptors (Lipinski definition) is 4. The SMILES string of the molecule is Cc1cccc(CSc2nnc(COc3ccccc3)n2C)c1. The van der Waals surface area contributed by atoms with Gasteiger partial charge in [-0.15, -0.1) is 10.2 Å². The highest BCUT2D eigenvalue weighted by Crippen LogP contribution is 2.22. The molecular weight excluding hydrogens is 306 g/mol. The van der Waals surface area contributed by atoms with E-state index in [1.165, 1.54) is 11.1 Å². The van der Waals surface area contributed by atoms with Crippen molar-refractivity contribution in [2.75, 3.05) is 0 Å². The van der Waals surface area contributed by atoms with Crippen molar-refractivity contribution in [3.63, 3.8) is 0 Å². The molecule has 2 aromatic carbocycles. The minimum atomic E-state index is 0.415. The molecule has 118 valence electrons. The number of aromatic nitrogens is 3. The summed E-state index contributed by atoms with van der Waals surface area (Å²) in [4.78, 5) is 0. The average molecular weight is 325 g/mol. The van der Waals surface area contributed by atoms with Crippen molar-refractivity contribution in [1.82, 2.24) is 14.8 Å². The Labute approximate surface area is 140 Å². The van der Waals surface area contributed by atoms with Crippen LogP contribution in [-0.4, -0.2) is 14.8 Å². The van der Waals surface area contributed by atoms with Crippen molar-refractivity contribution in [3.8, 4) is 5.75 Å².